The smallest absolute Gasteiger partial charge is 0.306 e. The van der Waals surface area contributed by atoms with Gasteiger partial charge in [-0.25, -0.2) is 4.39 Å². The molecule has 0 amide bonds. The van der Waals surface area contributed by atoms with E-state index in [0.717, 1.165) is 0 Å². The van der Waals surface area contributed by atoms with Gasteiger partial charge in [0, 0.05) is 35.5 Å². The maximum atomic E-state index is 17.6. The fourth-order valence-corrected chi connectivity index (χ4v) is 8.68. The van der Waals surface area contributed by atoms with Crippen LogP contribution in [0, 0.1) is 28.6 Å². The number of ketones is 2. The van der Waals surface area contributed by atoms with E-state index in [4.69, 9.17) is 30.3 Å². The molecule has 5 N–H and O–H groups in total. The highest BCUT2D eigenvalue weighted by Gasteiger charge is 2.77. The zero-order valence-corrected chi connectivity index (χ0v) is 26.1. The van der Waals surface area contributed by atoms with E-state index >= 15 is 4.39 Å². The van der Waals surface area contributed by atoms with Crippen LogP contribution in [-0.4, -0.2) is 97.4 Å². The second-order valence-electron chi connectivity index (χ2n) is 13.1. The quantitative estimate of drug-likeness (QED) is 0.103. The van der Waals surface area contributed by atoms with Crippen molar-refractivity contribution >= 4 is 23.5 Å². The first kappa shape index (κ1) is 36.2. The highest BCUT2D eigenvalue weighted by Crippen LogP contribution is 2.71. The van der Waals surface area contributed by atoms with Gasteiger partial charge in [0.2, 0.25) is 5.78 Å². The first-order valence-electron chi connectivity index (χ1n) is 15.4. The van der Waals surface area contributed by atoms with E-state index in [-0.39, 0.29) is 63.9 Å². The Morgan fingerprint density at radius 3 is 2.22 bits per heavy atom. The van der Waals surface area contributed by atoms with E-state index in [0.29, 0.717) is 12.0 Å². The molecular formula is C30H43FN2O13. The Morgan fingerprint density at radius 2 is 1.61 bits per heavy atom. The number of hydrogen-bond donors (Lipinski definition) is 5. The molecular weight excluding hydrogens is 615 g/mol. The van der Waals surface area contributed by atoms with Crippen molar-refractivity contribution in [2.24, 2.45) is 28.6 Å². The number of Topliss-reactive ketones (excluding diaryl/α,β-unsaturated/α-hetero) is 1. The lowest BCUT2D eigenvalue weighted by molar-refractivity contribution is -0.492. The first-order valence-corrected chi connectivity index (χ1v) is 15.4. The molecule has 0 spiro atoms. The molecule has 15 nitrogen and oxygen atoms in total. The van der Waals surface area contributed by atoms with Crippen molar-refractivity contribution in [3.63, 3.8) is 0 Å². The van der Waals surface area contributed by atoms with Crippen LogP contribution in [0.1, 0.15) is 72.1 Å². The molecule has 0 heterocycles. The van der Waals surface area contributed by atoms with Crippen LogP contribution < -0.4 is 0 Å². The van der Waals surface area contributed by atoms with Gasteiger partial charge in [0.1, 0.15) is 0 Å². The molecule has 0 saturated heterocycles. The van der Waals surface area contributed by atoms with Gasteiger partial charge in [-0.3, -0.25) is 49.7 Å². The molecule has 46 heavy (non-hydrogen) atoms. The van der Waals surface area contributed by atoms with Gasteiger partial charge in [0.15, 0.2) is 23.7 Å². The Hall–Kier alpha value is -2.67. The molecule has 0 aromatic carbocycles. The second-order valence-corrected chi connectivity index (χ2v) is 13.1. The summed E-state index contributed by atoms with van der Waals surface area (Å²) in [5, 5.41) is 45.4. The first-order chi connectivity index (χ1) is 21.5. The predicted molar refractivity (Wildman–Crippen MR) is 149 cm³/mol. The lowest BCUT2D eigenvalue weighted by atomic mass is 9.44. The molecule has 4 aliphatic rings. The molecule has 4 aliphatic carbocycles. The summed E-state index contributed by atoms with van der Waals surface area (Å²) in [6, 6.07) is 0. The van der Waals surface area contributed by atoms with Crippen molar-refractivity contribution in [1.29, 1.82) is 0 Å². The molecule has 3 fully saturated rings. The summed E-state index contributed by atoms with van der Waals surface area (Å²) in [7, 11) is 0. The number of aliphatic hydroxyl groups excluding tert-OH is 1. The van der Waals surface area contributed by atoms with E-state index in [1.165, 1.54) is 18.2 Å². The highest BCUT2D eigenvalue weighted by atomic mass is 19.1. The summed E-state index contributed by atoms with van der Waals surface area (Å²) >= 11 is 0. The molecule has 3 saturated carbocycles. The van der Waals surface area contributed by atoms with Crippen molar-refractivity contribution in [2.45, 2.75) is 89.5 Å². The summed E-state index contributed by atoms with van der Waals surface area (Å²) in [4.78, 5) is 60.9. The highest BCUT2D eigenvalue weighted by molar-refractivity contribution is 6.01. The van der Waals surface area contributed by atoms with Gasteiger partial charge >= 0.3 is 11.9 Å². The Labute approximate surface area is 264 Å². The Morgan fingerprint density at radius 1 is 1.00 bits per heavy atom. The van der Waals surface area contributed by atoms with Crippen LogP contribution in [0.25, 0.3) is 0 Å². The topological polar surface area (TPSA) is 213 Å². The van der Waals surface area contributed by atoms with Gasteiger partial charge in [-0.05, 0) is 63.5 Å². The summed E-state index contributed by atoms with van der Waals surface area (Å²) < 4.78 is 28.9. The Balaban J connectivity index is 1.63. The monoisotopic (exact) mass is 658 g/mol. The van der Waals surface area contributed by atoms with Gasteiger partial charge < -0.3 is 14.6 Å². The zero-order chi connectivity index (χ0) is 34.1. The summed E-state index contributed by atoms with van der Waals surface area (Å²) in [6.07, 6.45) is 2.81. The number of fused-ring (bicyclic) bond motifs is 5. The molecule has 4 unspecified atom stereocenters. The average Bonchev–Trinajstić information content (AvgIpc) is 3.19. The number of rotatable bonds is 14. The molecule has 16 heteroatoms. The standard InChI is InChI=1S/C30H43FN2O13/c1-18-14-22-21-9-8-19-15-20(34)10-11-27(19,2)29(21,31)23(35)16-28(22,3)30(18,46-26(38)7-5-13-45-33(41)42)24(36)17-43-25(37)6-4-12-44-32(39)40/h10-11,15,18,21-23,35,39-42H,4-9,12-14,16-17H2,1-3H3/t18?,21?,22?,23-,27-,28?,29-,30-/m0/s1. The molecule has 0 aromatic heterocycles. The van der Waals surface area contributed by atoms with E-state index in [1.807, 2.05) is 0 Å². The molecule has 258 valence electrons. The predicted octanol–water partition coefficient (Wildman–Crippen LogP) is 2.58. The van der Waals surface area contributed by atoms with Crippen LogP contribution in [0.15, 0.2) is 23.8 Å². The fraction of sp³-hybridized carbons (Fsp3) is 0.733. The molecule has 0 aliphatic heterocycles. The van der Waals surface area contributed by atoms with Crippen LogP contribution in [0.4, 0.5) is 4.39 Å². The molecule has 4 rings (SSSR count). The number of halogens is 1. The average molecular weight is 659 g/mol. The number of esters is 2. The molecule has 8 atom stereocenters. The van der Waals surface area contributed by atoms with E-state index in [9.17, 15) is 24.3 Å². The Bertz CT molecular complexity index is 1260. The number of carbonyl (C=O) groups excluding carboxylic acids is 4. The number of nitrogens with zero attached hydrogens (tertiary/aromatic N) is 2. The van der Waals surface area contributed by atoms with Gasteiger partial charge in [0.25, 0.3) is 0 Å². The van der Waals surface area contributed by atoms with Crippen molar-refractivity contribution in [3.05, 3.63) is 23.8 Å². The number of ether oxygens (including phenoxy) is 2. The third-order valence-corrected chi connectivity index (χ3v) is 10.7. The third kappa shape index (κ3) is 6.30. The fourth-order valence-electron chi connectivity index (χ4n) is 8.68. The summed E-state index contributed by atoms with van der Waals surface area (Å²) in [5.74, 6) is -4.62. The zero-order valence-electron chi connectivity index (χ0n) is 26.1. The molecule has 0 radical (unpaired) electrons. The summed E-state index contributed by atoms with van der Waals surface area (Å²) in [6.45, 7) is 3.78. The maximum absolute atomic E-state index is 17.6. The second kappa shape index (κ2) is 13.8. The SMILES string of the molecule is CC1CC2C3CCC4=CC(=O)C=C[C@]4(C)[C@@]3(F)[C@@H](O)CC2(C)[C@@]1(OC(=O)CCCON(O)O)C(=O)COC(=O)CCCON(O)O. The molecule has 0 aromatic rings. The minimum absolute atomic E-state index is 0.0111. The number of carbonyl (C=O) groups is 4. The number of aliphatic hydroxyl groups is 1. The number of hydrogen-bond acceptors (Lipinski definition) is 15. The number of alkyl halides is 1. The van der Waals surface area contributed by atoms with Crippen molar-refractivity contribution < 1.29 is 68.7 Å². The van der Waals surface area contributed by atoms with Crippen LogP contribution in [0.3, 0.4) is 0 Å². The van der Waals surface area contributed by atoms with Gasteiger partial charge in [-0.15, -0.1) is 0 Å². The van der Waals surface area contributed by atoms with Gasteiger partial charge in [-0.1, -0.05) is 25.5 Å². The minimum atomic E-state index is -2.19. The van der Waals surface area contributed by atoms with Crippen molar-refractivity contribution in [3.8, 4) is 0 Å². The largest absolute Gasteiger partial charge is 0.457 e. The third-order valence-electron chi connectivity index (χ3n) is 10.7. The lowest BCUT2D eigenvalue weighted by Gasteiger charge is -2.62. The van der Waals surface area contributed by atoms with E-state index in [1.54, 1.807) is 20.8 Å². The van der Waals surface area contributed by atoms with E-state index < -0.39 is 81.1 Å². The van der Waals surface area contributed by atoms with Crippen LogP contribution in [0.5, 0.6) is 0 Å². The number of allylic oxidation sites excluding steroid dienone is 4. The van der Waals surface area contributed by atoms with Crippen LogP contribution >= 0.6 is 0 Å². The summed E-state index contributed by atoms with van der Waals surface area (Å²) in [5.41, 5.74) is -6.08. The van der Waals surface area contributed by atoms with E-state index in [2.05, 4.69) is 9.68 Å². The van der Waals surface area contributed by atoms with Crippen molar-refractivity contribution in [2.75, 3.05) is 19.8 Å². The Kier molecular flexibility index (Phi) is 10.9. The van der Waals surface area contributed by atoms with Gasteiger partial charge in [0.05, 0.1) is 30.1 Å². The van der Waals surface area contributed by atoms with Crippen LogP contribution in [0.2, 0.25) is 0 Å². The van der Waals surface area contributed by atoms with Gasteiger partial charge in [-0.2, -0.15) is 0 Å². The molecule has 0 bridgehead atoms. The van der Waals surface area contributed by atoms with Crippen LogP contribution in [-0.2, 0) is 38.3 Å². The minimum Gasteiger partial charge on any atom is -0.457 e. The maximum Gasteiger partial charge on any atom is 0.306 e. The van der Waals surface area contributed by atoms with Crippen molar-refractivity contribution in [1.82, 2.24) is 10.8 Å². The lowest BCUT2D eigenvalue weighted by Crippen LogP contribution is -2.70. The normalized spacial score (nSPS) is 36.6.